The molecule has 27 heavy (non-hydrogen) atoms. The van der Waals surface area contributed by atoms with E-state index in [9.17, 15) is 4.79 Å². The molecule has 0 unspecified atom stereocenters. The van der Waals surface area contributed by atoms with Crippen LogP contribution in [0.2, 0.25) is 5.02 Å². The van der Waals surface area contributed by atoms with E-state index in [2.05, 4.69) is 29.0 Å². The van der Waals surface area contributed by atoms with Crippen LogP contribution in [0, 0.1) is 12.8 Å². The third kappa shape index (κ3) is 5.11. The number of halogens is 1. The van der Waals surface area contributed by atoms with Gasteiger partial charge in [-0.1, -0.05) is 18.5 Å². The van der Waals surface area contributed by atoms with Gasteiger partial charge in [-0.05, 0) is 63.9 Å². The molecule has 1 amide bonds. The highest BCUT2D eigenvalue weighted by molar-refractivity contribution is 6.30. The molecule has 2 heterocycles. The number of carbonyl (C=O) groups excluding carboxylic acids is 1. The molecule has 1 aromatic heterocycles. The molecular formula is C21H28ClN3O2. The fraction of sp³-hybridized carbons (Fsp3) is 0.524. The second-order valence-electron chi connectivity index (χ2n) is 7.42. The molecule has 1 N–H and O–H groups in total. The van der Waals surface area contributed by atoms with Crippen molar-refractivity contribution >= 4 is 17.5 Å². The van der Waals surface area contributed by atoms with Crippen molar-refractivity contribution in [3.05, 3.63) is 40.7 Å². The first-order chi connectivity index (χ1) is 13.0. The van der Waals surface area contributed by atoms with Crippen LogP contribution in [0.5, 0.6) is 0 Å². The Hall–Kier alpha value is -1.85. The van der Waals surface area contributed by atoms with Gasteiger partial charge in [0, 0.05) is 29.7 Å². The highest BCUT2D eigenvalue weighted by Crippen LogP contribution is 2.25. The fourth-order valence-corrected chi connectivity index (χ4v) is 3.50. The number of aromatic nitrogens is 1. The van der Waals surface area contributed by atoms with Gasteiger partial charge in [0.1, 0.15) is 5.76 Å². The lowest BCUT2D eigenvalue weighted by molar-refractivity contribution is -0.127. The number of carbonyl (C=O) groups is 1. The Balaban J connectivity index is 1.64. The minimum absolute atomic E-state index is 0.0516. The summed E-state index contributed by atoms with van der Waals surface area (Å²) in [7, 11) is 0. The first kappa shape index (κ1) is 19.9. The smallest absolute Gasteiger partial charge is 0.226 e. The fourth-order valence-electron chi connectivity index (χ4n) is 3.38. The summed E-state index contributed by atoms with van der Waals surface area (Å²) < 4.78 is 5.86. The van der Waals surface area contributed by atoms with E-state index in [0.29, 0.717) is 17.5 Å². The number of nitrogens with one attached hydrogen (secondary N) is 1. The molecule has 0 spiro atoms. The monoisotopic (exact) mass is 389 g/mol. The lowest BCUT2D eigenvalue weighted by atomic mass is 9.96. The lowest BCUT2D eigenvalue weighted by Gasteiger charge is -2.32. The standard InChI is InChI=1S/C21H28ClN3O2/c1-4-14(2)23-20(26)17-6-5-11-25(12-17)13-19-15(3)27-21(24-19)16-7-9-18(22)10-8-16/h7-10,14,17H,4-6,11-13H2,1-3H3,(H,23,26)/t14-,17-/m1/s1. The van der Waals surface area contributed by atoms with Crippen molar-refractivity contribution in [3.8, 4) is 11.5 Å². The van der Waals surface area contributed by atoms with Crippen molar-refractivity contribution in [2.75, 3.05) is 13.1 Å². The van der Waals surface area contributed by atoms with Gasteiger partial charge in [0.2, 0.25) is 11.8 Å². The van der Waals surface area contributed by atoms with E-state index in [-0.39, 0.29) is 17.9 Å². The Morgan fingerprint density at radius 3 is 2.85 bits per heavy atom. The lowest BCUT2D eigenvalue weighted by Crippen LogP contribution is -2.45. The molecule has 1 aromatic carbocycles. The van der Waals surface area contributed by atoms with Gasteiger partial charge >= 0.3 is 0 Å². The van der Waals surface area contributed by atoms with E-state index in [1.165, 1.54) is 0 Å². The zero-order chi connectivity index (χ0) is 19.4. The third-order valence-electron chi connectivity index (χ3n) is 5.23. The van der Waals surface area contributed by atoms with Crippen molar-refractivity contribution < 1.29 is 9.21 Å². The summed E-state index contributed by atoms with van der Waals surface area (Å²) in [6, 6.07) is 7.72. The van der Waals surface area contributed by atoms with Gasteiger partial charge in [0.15, 0.2) is 0 Å². The molecule has 1 aliphatic rings. The minimum atomic E-state index is 0.0516. The van der Waals surface area contributed by atoms with E-state index in [1.807, 2.05) is 31.2 Å². The van der Waals surface area contributed by atoms with Gasteiger partial charge in [0.25, 0.3) is 0 Å². The molecule has 0 radical (unpaired) electrons. The number of amides is 1. The van der Waals surface area contributed by atoms with Crippen LogP contribution < -0.4 is 5.32 Å². The molecular weight excluding hydrogens is 362 g/mol. The summed E-state index contributed by atoms with van der Waals surface area (Å²) in [5.74, 6) is 1.66. The quantitative estimate of drug-likeness (QED) is 0.793. The molecule has 2 aromatic rings. The highest BCUT2D eigenvalue weighted by Gasteiger charge is 2.27. The maximum atomic E-state index is 12.5. The molecule has 3 rings (SSSR count). The normalized spacial score (nSPS) is 19.0. The van der Waals surface area contributed by atoms with E-state index in [4.69, 9.17) is 16.0 Å². The van der Waals surface area contributed by atoms with Gasteiger partial charge in [0.05, 0.1) is 11.6 Å². The SMILES string of the molecule is CC[C@@H](C)NC(=O)[C@@H]1CCCN(Cc2nc(-c3ccc(Cl)cc3)oc2C)C1. The van der Waals surface area contributed by atoms with Crippen LogP contribution in [0.25, 0.3) is 11.5 Å². The van der Waals surface area contributed by atoms with Gasteiger partial charge in [-0.2, -0.15) is 0 Å². The van der Waals surface area contributed by atoms with Crippen LogP contribution in [-0.4, -0.2) is 34.9 Å². The largest absolute Gasteiger partial charge is 0.441 e. The summed E-state index contributed by atoms with van der Waals surface area (Å²) in [4.78, 5) is 19.5. The molecule has 0 bridgehead atoms. The van der Waals surface area contributed by atoms with Crippen molar-refractivity contribution in [1.29, 1.82) is 0 Å². The van der Waals surface area contributed by atoms with Gasteiger partial charge in [-0.15, -0.1) is 0 Å². The zero-order valence-corrected chi connectivity index (χ0v) is 17.1. The number of piperidine rings is 1. The Morgan fingerprint density at radius 2 is 2.15 bits per heavy atom. The van der Waals surface area contributed by atoms with E-state index < -0.39 is 0 Å². The number of likely N-dealkylation sites (tertiary alicyclic amines) is 1. The number of hydrogen-bond acceptors (Lipinski definition) is 4. The van der Waals surface area contributed by atoms with Gasteiger partial charge in [-0.25, -0.2) is 4.98 Å². The number of rotatable bonds is 6. The van der Waals surface area contributed by atoms with Gasteiger partial charge < -0.3 is 9.73 Å². The van der Waals surface area contributed by atoms with Crippen LogP contribution in [0.4, 0.5) is 0 Å². The Labute approximate surface area is 166 Å². The number of nitrogens with zero attached hydrogens (tertiary/aromatic N) is 2. The third-order valence-corrected chi connectivity index (χ3v) is 5.49. The van der Waals surface area contributed by atoms with E-state index in [1.54, 1.807) is 0 Å². The molecule has 0 aliphatic carbocycles. The van der Waals surface area contributed by atoms with Gasteiger partial charge in [-0.3, -0.25) is 9.69 Å². The predicted octanol–water partition coefficient (Wildman–Crippen LogP) is 4.43. The topological polar surface area (TPSA) is 58.4 Å². The van der Waals surface area contributed by atoms with Crippen LogP contribution in [0.15, 0.2) is 28.7 Å². The number of hydrogen-bond donors (Lipinski definition) is 1. The second kappa shape index (κ2) is 8.89. The maximum absolute atomic E-state index is 12.5. The summed E-state index contributed by atoms with van der Waals surface area (Å²) in [5.41, 5.74) is 1.85. The molecule has 1 aliphatic heterocycles. The zero-order valence-electron chi connectivity index (χ0n) is 16.3. The Kier molecular flexibility index (Phi) is 6.55. The maximum Gasteiger partial charge on any atom is 0.226 e. The molecule has 6 heteroatoms. The molecule has 1 saturated heterocycles. The molecule has 0 saturated carbocycles. The Bertz CT molecular complexity index is 772. The summed E-state index contributed by atoms with van der Waals surface area (Å²) >= 11 is 5.95. The average molecular weight is 390 g/mol. The number of benzene rings is 1. The van der Waals surface area contributed by atoms with Crippen LogP contribution in [0.1, 0.15) is 44.6 Å². The second-order valence-corrected chi connectivity index (χ2v) is 7.86. The van der Waals surface area contributed by atoms with Crippen LogP contribution in [0.3, 0.4) is 0 Å². The van der Waals surface area contributed by atoms with Crippen LogP contribution >= 0.6 is 11.6 Å². The Morgan fingerprint density at radius 1 is 1.41 bits per heavy atom. The van der Waals surface area contributed by atoms with Crippen molar-refractivity contribution in [1.82, 2.24) is 15.2 Å². The molecule has 2 atom stereocenters. The first-order valence-corrected chi connectivity index (χ1v) is 10.1. The molecule has 5 nitrogen and oxygen atoms in total. The molecule has 146 valence electrons. The average Bonchev–Trinajstić information content (AvgIpc) is 3.02. The highest BCUT2D eigenvalue weighted by atomic mass is 35.5. The summed E-state index contributed by atoms with van der Waals surface area (Å²) in [6.07, 6.45) is 2.93. The van der Waals surface area contributed by atoms with Crippen molar-refractivity contribution in [2.24, 2.45) is 5.92 Å². The summed E-state index contributed by atoms with van der Waals surface area (Å²) in [6.45, 7) is 8.54. The first-order valence-electron chi connectivity index (χ1n) is 9.71. The summed E-state index contributed by atoms with van der Waals surface area (Å²) in [5, 5.41) is 3.81. The number of aryl methyl sites for hydroxylation is 1. The van der Waals surface area contributed by atoms with Crippen LogP contribution in [-0.2, 0) is 11.3 Å². The number of oxazole rings is 1. The minimum Gasteiger partial charge on any atom is -0.441 e. The van der Waals surface area contributed by atoms with Crippen molar-refractivity contribution in [2.45, 2.75) is 52.6 Å². The molecule has 1 fully saturated rings. The predicted molar refractivity (Wildman–Crippen MR) is 108 cm³/mol. The van der Waals surface area contributed by atoms with E-state index in [0.717, 1.165) is 49.4 Å². The van der Waals surface area contributed by atoms with E-state index >= 15 is 0 Å². The van der Waals surface area contributed by atoms with Crippen molar-refractivity contribution in [3.63, 3.8) is 0 Å².